The van der Waals surface area contributed by atoms with Crippen LogP contribution in [0.15, 0.2) is 46.1 Å². The molecule has 0 amide bonds. The molecule has 0 aliphatic carbocycles. The van der Waals surface area contributed by atoms with Crippen LogP contribution < -0.4 is 11.2 Å². The number of ether oxygens (including phenoxy) is 2. The van der Waals surface area contributed by atoms with Gasteiger partial charge >= 0.3 is 5.69 Å². The van der Waals surface area contributed by atoms with Gasteiger partial charge < -0.3 is 19.7 Å². The fourth-order valence-electron chi connectivity index (χ4n) is 3.39. The fraction of sp³-hybridized carbons (Fsp3) is 0.500. The normalized spacial score (nSPS) is 23.2. The first-order valence-electron chi connectivity index (χ1n) is 9.36. The first-order chi connectivity index (χ1) is 13.4. The molecule has 3 rings (SSSR count). The molecule has 1 fully saturated rings. The highest BCUT2D eigenvalue weighted by Gasteiger charge is 2.35. The summed E-state index contributed by atoms with van der Waals surface area (Å²) >= 11 is 0. The average molecular weight is 390 g/mol. The van der Waals surface area contributed by atoms with E-state index in [4.69, 9.17) is 9.47 Å². The molecule has 1 aliphatic heterocycles. The van der Waals surface area contributed by atoms with Gasteiger partial charge in [-0.15, -0.1) is 0 Å². The van der Waals surface area contributed by atoms with E-state index >= 15 is 0 Å². The second-order valence-electron chi connectivity index (χ2n) is 7.32. The molecule has 2 unspecified atom stereocenters. The Morgan fingerprint density at radius 1 is 1.29 bits per heavy atom. The van der Waals surface area contributed by atoms with Crippen LogP contribution in [-0.2, 0) is 16.1 Å². The molecule has 4 atom stereocenters. The number of aliphatic hydroxyl groups excluding tert-OH is 2. The predicted octanol–water partition coefficient (Wildman–Crippen LogP) is 1.09. The zero-order valence-corrected chi connectivity index (χ0v) is 15.9. The molecule has 152 valence electrons. The first-order valence-corrected chi connectivity index (χ1v) is 9.36. The van der Waals surface area contributed by atoms with Crippen molar-refractivity contribution in [3.05, 3.63) is 68.5 Å². The smallest absolute Gasteiger partial charge is 0.330 e. The number of aromatic amines is 1. The Bertz CT molecular complexity index is 892. The second kappa shape index (κ2) is 8.83. The van der Waals surface area contributed by atoms with Gasteiger partial charge in [0.05, 0.1) is 31.0 Å². The van der Waals surface area contributed by atoms with Crippen molar-refractivity contribution in [1.29, 1.82) is 0 Å². The number of aromatic nitrogens is 2. The number of H-pyrrole nitrogens is 1. The second-order valence-corrected chi connectivity index (χ2v) is 7.32. The van der Waals surface area contributed by atoms with Crippen molar-refractivity contribution in [2.45, 2.75) is 51.4 Å². The van der Waals surface area contributed by atoms with Crippen LogP contribution in [0.1, 0.15) is 43.7 Å². The summed E-state index contributed by atoms with van der Waals surface area (Å²) in [7, 11) is 0. The van der Waals surface area contributed by atoms with Crippen molar-refractivity contribution in [2.24, 2.45) is 5.92 Å². The predicted molar refractivity (Wildman–Crippen MR) is 102 cm³/mol. The van der Waals surface area contributed by atoms with Crippen LogP contribution in [0, 0.1) is 5.92 Å². The molecule has 2 aromatic rings. The molecule has 0 bridgehead atoms. The summed E-state index contributed by atoms with van der Waals surface area (Å²) in [6.45, 7) is 3.74. The molecule has 1 saturated heterocycles. The zero-order chi connectivity index (χ0) is 20.3. The third-order valence-corrected chi connectivity index (χ3v) is 4.89. The SMILES string of the molecule is CC(C)C(OCc1cn([C@H]2CC(O)[C@@H](CO)O2)c(=O)[nH]c1=O)c1ccccc1. The average Bonchev–Trinajstić information content (AvgIpc) is 3.04. The summed E-state index contributed by atoms with van der Waals surface area (Å²) < 4.78 is 12.8. The summed E-state index contributed by atoms with van der Waals surface area (Å²) in [5.41, 5.74) is 0.143. The number of nitrogens with one attached hydrogen (secondary N) is 1. The molecule has 0 radical (unpaired) electrons. The van der Waals surface area contributed by atoms with Gasteiger partial charge in [-0.3, -0.25) is 14.3 Å². The number of hydrogen-bond acceptors (Lipinski definition) is 6. The number of benzene rings is 1. The quantitative estimate of drug-likeness (QED) is 0.652. The van der Waals surface area contributed by atoms with Crippen LogP contribution in [0.5, 0.6) is 0 Å². The van der Waals surface area contributed by atoms with E-state index in [1.165, 1.54) is 10.8 Å². The Labute approximate surface area is 162 Å². The Balaban J connectivity index is 1.81. The van der Waals surface area contributed by atoms with E-state index in [1.54, 1.807) is 0 Å². The lowest BCUT2D eigenvalue weighted by atomic mass is 9.99. The van der Waals surface area contributed by atoms with Gasteiger partial charge in [-0.25, -0.2) is 4.79 Å². The van der Waals surface area contributed by atoms with E-state index in [-0.39, 0.29) is 37.2 Å². The molecule has 0 spiro atoms. The van der Waals surface area contributed by atoms with Crippen molar-refractivity contribution in [2.75, 3.05) is 6.61 Å². The van der Waals surface area contributed by atoms with Gasteiger partial charge in [0.1, 0.15) is 12.3 Å². The highest BCUT2D eigenvalue weighted by Crippen LogP contribution is 2.28. The van der Waals surface area contributed by atoms with Crippen LogP contribution >= 0.6 is 0 Å². The summed E-state index contributed by atoms with van der Waals surface area (Å²) in [5.74, 6) is 0.186. The Morgan fingerprint density at radius 3 is 2.61 bits per heavy atom. The molecule has 8 nitrogen and oxygen atoms in total. The standard InChI is InChI=1S/C20H26N2O6/c1-12(2)18(13-6-4-3-5-7-13)27-11-14-9-22(20(26)21-19(14)25)17-8-15(24)16(10-23)28-17/h3-7,9,12,15-18,23-24H,8,10-11H2,1-2H3,(H,21,25,26)/t15?,16-,17-,18?/m1/s1. The van der Waals surface area contributed by atoms with E-state index in [9.17, 15) is 19.8 Å². The van der Waals surface area contributed by atoms with Gasteiger partial charge in [0.25, 0.3) is 5.56 Å². The molecule has 2 heterocycles. The van der Waals surface area contributed by atoms with Gasteiger partial charge in [-0.1, -0.05) is 44.2 Å². The number of hydrogen-bond donors (Lipinski definition) is 3. The summed E-state index contributed by atoms with van der Waals surface area (Å²) in [6, 6.07) is 9.73. The minimum Gasteiger partial charge on any atom is -0.394 e. The molecular formula is C20H26N2O6. The van der Waals surface area contributed by atoms with Crippen LogP contribution in [0.4, 0.5) is 0 Å². The van der Waals surface area contributed by atoms with E-state index in [2.05, 4.69) is 4.98 Å². The van der Waals surface area contributed by atoms with Crippen LogP contribution in [0.2, 0.25) is 0 Å². The van der Waals surface area contributed by atoms with Gasteiger partial charge in [0.15, 0.2) is 0 Å². The topological polar surface area (TPSA) is 114 Å². The molecular weight excluding hydrogens is 364 g/mol. The molecule has 1 aromatic heterocycles. The lowest BCUT2D eigenvalue weighted by Crippen LogP contribution is -2.34. The van der Waals surface area contributed by atoms with Crippen molar-refractivity contribution >= 4 is 0 Å². The lowest BCUT2D eigenvalue weighted by Gasteiger charge is -2.22. The first kappa shape index (κ1) is 20.5. The molecule has 8 heteroatoms. The maximum absolute atomic E-state index is 12.2. The van der Waals surface area contributed by atoms with Crippen LogP contribution in [0.3, 0.4) is 0 Å². The summed E-state index contributed by atoms with van der Waals surface area (Å²) in [5, 5.41) is 19.1. The number of nitrogens with zero attached hydrogens (tertiary/aromatic N) is 1. The van der Waals surface area contributed by atoms with E-state index < -0.39 is 29.7 Å². The molecule has 0 saturated carbocycles. The third-order valence-electron chi connectivity index (χ3n) is 4.89. The van der Waals surface area contributed by atoms with Gasteiger partial charge in [-0.05, 0) is 11.5 Å². The monoisotopic (exact) mass is 390 g/mol. The zero-order valence-electron chi connectivity index (χ0n) is 15.9. The highest BCUT2D eigenvalue weighted by atomic mass is 16.5. The van der Waals surface area contributed by atoms with Gasteiger partial charge in [0, 0.05) is 12.6 Å². The van der Waals surface area contributed by atoms with Crippen molar-refractivity contribution in [1.82, 2.24) is 9.55 Å². The fourth-order valence-corrected chi connectivity index (χ4v) is 3.39. The van der Waals surface area contributed by atoms with Crippen LogP contribution in [0.25, 0.3) is 0 Å². The van der Waals surface area contributed by atoms with Crippen molar-refractivity contribution in [3.63, 3.8) is 0 Å². The Hall–Kier alpha value is -2.26. The summed E-state index contributed by atoms with van der Waals surface area (Å²) in [6.07, 6.45) is -1.05. The Kier molecular flexibility index (Phi) is 6.46. The van der Waals surface area contributed by atoms with Crippen molar-refractivity contribution < 1.29 is 19.7 Å². The molecule has 3 N–H and O–H groups in total. The highest BCUT2D eigenvalue weighted by molar-refractivity contribution is 5.18. The maximum Gasteiger partial charge on any atom is 0.330 e. The maximum atomic E-state index is 12.2. The number of aliphatic hydroxyl groups is 2. The largest absolute Gasteiger partial charge is 0.394 e. The van der Waals surface area contributed by atoms with E-state index in [0.717, 1.165) is 5.56 Å². The Morgan fingerprint density at radius 2 is 2.00 bits per heavy atom. The van der Waals surface area contributed by atoms with E-state index in [0.29, 0.717) is 0 Å². The van der Waals surface area contributed by atoms with Gasteiger partial charge in [0.2, 0.25) is 0 Å². The molecule has 1 aromatic carbocycles. The molecule has 28 heavy (non-hydrogen) atoms. The summed E-state index contributed by atoms with van der Waals surface area (Å²) in [4.78, 5) is 26.7. The van der Waals surface area contributed by atoms with Crippen LogP contribution in [-0.4, -0.2) is 38.6 Å². The number of rotatable bonds is 7. The third kappa shape index (κ3) is 4.41. The minimum atomic E-state index is -0.878. The minimum absolute atomic E-state index is 0.0199. The lowest BCUT2D eigenvalue weighted by molar-refractivity contribution is -0.0463. The van der Waals surface area contributed by atoms with Crippen molar-refractivity contribution in [3.8, 4) is 0 Å². The van der Waals surface area contributed by atoms with E-state index in [1.807, 2.05) is 44.2 Å². The molecule has 1 aliphatic rings. The van der Waals surface area contributed by atoms with Gasteiger partial charge in [-0.2, -0.15) is 0 Å².